The molecule has 8 heteroatoms. The van der Waals surface area contributed by atoms with Gasteiger partial charge in [0.15, 0.2) is 0 Å². The number of H-pyrrole nitrogens is 1. The number of halogens is 1. The van der Waals surface area contributed by atoms with E-state index in [0.717, 1.165) is 16.5 Å². The third-order valence-electron chi connectivity index (χ3n) is 5.08. The minimum Gasteiger partial charge on any atom is -0.373 e. The van der Waals surface area contributed by atoms with Crippen molar-refractivity contribution in [2.24, 2.45) is 7.05 Å². The maximum absolute atomic E-state index is 13.5. The lowest BCUT2D eigenvalue weighted by molar-refractivity contribution is -0.0686. The zero-order valence-corrected chi connectivity index (χ0v) is 17.0. The molecule has 28 heavy (non-hydrogen) atoms. The van der Waals surface area contributed by atoms with Crippen molar-refractivity contribution < 1.29 is 9.53 Å². The van der Waals surface area contributed by atoms with E-state index in [9.17, 15) is 4.79 Å². The number of aryl methyl sites for hydroxylation is 1. The van der Waals surface area contributed by atoms with Gasteiger partial charge in [0.05, 0.1) is 30.0 Å². The minimum absolute atomic E-state index is 0.123. The van der Waals surface area contributed by atoms with E-state index in [0.29, 0.717) is 30.4 Å². The van der Waals surface area contributed by atoms with Gasteiger partial charge in [0.2, 0.25) is 0 Å². The molecule has 1 aromatic carbocycles. The van der Waals surface area contributed by atoms with Crippen molar-refractivity contribution in [2.75, 3.05) is 33.8 Å². The Hall–Kier alpha value is -2.35. The number of nitrogens with one attached hydrogen (secondary N) is 1. The summed E-state index contributed by atoms with van der Waals surface area (Å²) in [6.45, 7) is 1.68. The van der Waals surface area contributed by atoms with Crippen LogP contribution in [0.5, 0.6) is 0 Å². The van der Waals surface area contributed by atoms with Crippen molar-refractivity contribution in [3.63, 3.8) is 0 Å². The molecular weight excluding hydrogens is 378 g/mol. The van der Waals surface area contributed by atoms with Gasteiger partial charge >= 0.3 is 0 Å². The number of hydrogen-bond acceptors (Lipinski definition) is 4. The molecule has 1 fully saturated rings. The fourth-order valence-electron chi connectivity index (χ4n) is 3.86. The number of ether oxygens (including phenoxy) is 1. The van der Waals surface area contributed by atoms with Crippen LogP contribution in [0.3, 0.4) is 0 Å². The largest absolute Gasteiger partial charge is 0.373 e. The Bertz CT molecular complexity index is 996. The summed E-state index contributed by atoms with van der Waals surface area (Å²) in [5, 5.41) is 5.61. The highest BCUT2D eigenvalue weighted by Gasteiger charge is 2.38. The molecule has 7 nitrogen and oxygen atoms in total. The van der Waals surface area contributed by atoms with Crippen molar-refractivity contribution >= 4 is 28.4 Å². The summed E-state index contributed by atoms with van der Waals surface area (Å²) in [7, 11) is 5.87. The van der Waals surface area contributed by atoms with Crippen LogP contribution in [0.25, 0.3) is 10.9 Å². The monoisotopic (exact) mass is 401 g/mol. The lowest BCUT2D eigenvalue weighted by atomic mass is 10.00. The first-order chi connectivity index (χ1) is 13.5. The van der Waals surface area contributed by atoms with Gasteiger partial charge in [-0.15, -0.1) is 0 Å². The number of morpholine rings is 1. The van der Waals surface area contributed by atoms with Gasteiger partial charge in [-0.25, -0.2) is 0 Å². The molecule has 0 aliphatic carbocycles. The Labute approximate surface area is 168 Å². The summed E-state index contributed by atoms with van der Waals surface area (Å²) in [4.78, 5) is 20.6. The molecule has 1 aliphatic heterocycles. The van der Waals surface area contributed by atoms with E-state index in [4.69, 9.17) is 16.3 Å². The van der Waals surface area contributed by atoms with Crippen LogP contribution in [-0.4, -0.2) is 70.4 Å². The Morgan fingerprint density at radius 3 is 2.86 bits per heavy atom. The molecule has 0 radical (unpaired) electrons. The molecule has 148 valence electrons. The maximum Gasteiger partial charge on any atom is 0.272 e. The quantitative estimate of drug-likeness (QED) is 0.730. The highest BCUT2D eigenvalue weighted by atomic mass is 35.5. The van der Waals surface area contributed by atoms with Gasteiger partial charge in [0.1, 0.15) is 5.69 Å². The minimum atomic E-state index is -0.236. The van der Waals surface area contributed by atoms with Crippen LogP contribution < -0.4 is 0 Å². The highest BCUT2D eigenvalue weighted by Crippen LogP contribution is 2.34. The number of nitrogens with zero attached hydrogens (tertiary/aromatic N) is 4. The number of carbonyl (C=O) groups is 1. The number of likely N-dealkylation sites (N-methyl/N-ethyl adjacent to an activating group) is 1. The molecular formula is C20H24ClN5O2. The first-order valence-corrected chi connectivity index (χ1v) is 9.65. The third kappa shape index (κ3) is 3.41. The van der Waals surface area contributed by atoms with Gasteiger partial charge < -0.3 is 19.5 Å². The van der Waals surface area contributed by atoms with E-state index < -0.39 is 0 Å². The molecule has 1 aliphatic rings. The normalized spacial score (nSPS) is 20.2. The summed E-state index contributed by atoms with van der Waals surface area (Å²) in [5.74, 6) is -0.123. The molecule has 4 rings (SSSR count). The second-order valence-corrected chi connectivity index (χ2v) is 7.80. The van der Waals surface area contributed by atoms with E-state index in [-0.39, 0.29) is 18.1 Å². The van der Waals surface area contributed by atoms with Crippen LogP contribution in [0.15, 0.2) is 36.7 Å². The standard InChI is InChI=1S/C20H24ClN5O2/c1-24(2)12-16-19(13-10-22-25(3)11-13)26(8-9-28-16)20(27)18-17(21)14-6-4-5-7-15(14)23-18/h4-7,10-11,16,19,23H,8-9,12H2,1-3H3/t16-,19-/m0/s1. The first-order valence-electron chi connectivity index (χ1n) is 9.27. The number of hydrogen-bond donors (Lipinski definition) is 1. The van der Waals surface area contributed by atoms with Gasteiger partial charge in [-0.1, -0.05) is 29.8 Å². The van der Waals surface area contributed by atoms with Crippen LogP contribution in [0, 0.1) is 0 Å². The molecule has 0 saturated carbocycles. The lowest BCUT2D eigenvalue weighted by Crippen LogP contribution is -2.51. The Balaban J connectivity index is 1.74. The van der Waals surface area contributed by atoms with Crippen LogP contribution in [0.1, 0.15) is 22.1 Å². The second kappa shape index (κ2) is 7.58. The van der Waals surface area contributed by atoms with Crippen molar-refractivity contribution in [1.29, 1.82) is 0 Å². The Morgan fingerprint density at radius 1 is 1.39 bits per heavy atom. The van der Waals surface area contributed by atoms with Gasteiger partial charge in [-0.05, 0) is 20.2 Å². The molecule has 3 heterocycles. The number of aromatic nitrogens is 3. The molecule has 3 aromatic rings. The van der Waals surface area contributed by atoms with E-state index in [2.05, 4.69) is 15.0 Å². The van der Waals surface area contributed by atoms with E-state index in [1.807, 2.05) is 56.5 Å². The number of fused-ring (bicyclic) bond motifs is 1. The topological polar surface area (TPSA) is 66.4 Å². The van der Waals surface area contributed by atoms with E-state index >= 15 is 0 Å². The van der Waals surface area contributed by atoms with Gasteiger partial charge in [0, 0.05) is 42.8 Å². The predicted octanol–water partition coefficient (Wildman–Crippen LogP) is 2.70. The molecule has 0 spiro atoms. The zero-order valence-electron chi connectivity index (χ0n) is 16.2. The van der Waals surface area contributed by atoms with Gasteiger partial charge in [0.25, 0.3) is 5.91 Å². The molecule has 0 unspecified atom stereocenters. The number of para-hydroxylation sites is 1. The van der Waals surface area contributed by atoms with Gasteiger partial charge in [-0.3, -0.25) is 9.48 Å². The van der Waals surface area contributed by atoms with Crippen molar-refractivity contribution in [3.05, 3.63) is 52.9 Å². The molecule has 1 N–H and O–H groups in total. The smallest absolute Gasteiger partial charge is 0.272 e. The number of amides is 1. The SMILES string of the molecule is CN(C)C[C@@H]1OCCN(C(=O)c2[nH]c3ccccc3c2Cl)[C@H]1c1cnn(C)c1. The van der Waals surface area contributed by atoms with Crippen molar-refractivity contribution in [2.45, 2.75) is 12.1 Å². The van der Waals surface area contributed by atoms with Crippen LogP contribution >= 0.6 is 11.6 Å². The summed E-state index contributed by atoms with van der Waals surface area (Å²) < 4.78 is 7.80. The zero-order chi connectivity index (χ0) is 19.8. The predicted molar refractivity (Wildman–Crippen MR) is 109 cm³/mol. The Morgan fingerprint density at radius 2 is 2.18 bits per heavy atom. The molecule has 2 aromatic heterocycles. The van der Waals surface area contributed by atoms with Crippen LogP contribution in [0.2, 0.25) is 5.02 Å². The average molecular weight is 402 g/mol. The Kier molecular flexibility index (Phi) is 5.14. The molecule has 2 atom stereocenters. The molecule has 1 saturated heterocycles. The van der Waals surface area contributed by atoms with Crippen molar-refractivity contribution in [3.8, 4) is 0 Å². The fourth-order valence-corrected chi connectivity index (χ4v) is 4.15. The summed E-state index contributed by atoms with van der Waals surface area (Å²) >= 11 is 6.56. The fraction of sp³-hybridized carbons (Fsp3) is 0.400. The summed E-state index contributed by atoms with van der Waals surface area (Å²) in [5.41, 5.74) is 2.23. The summed E-state index contributed by atoms with van der Waals surface area (Å²) in [6, 6.07) is 7.43. The number of rotatable bonds is 4. The third-order valence-corrected chi connectivity index (χ3v) is 5.47. The molecule has 1 amide bonds. The number of carbonyl (C=O) groups excluding carboxylic acids is 1. The maximum atomic E-state index is 13.5. The number of aromatic amines is 1. The van der Waals surface area contributed by atoms with Crippen LogP contribution in [0.4, 0.5) is 0 Å². The highest BCUT2D eigenvalue weighted by molar-refractivity contribution is 6.38. The summed E-state index contributed by atoms with van der Waals surface area (Å²) in [6.07, 6.45) is 3.59. The second-order valence-electron chi connectivity index (χ2n) is 7.42. The van der Waals surface area contributed by atoms with Gasteiger partial charge in [-0.2, -0.15) is 5.10 Å². The van der Waals surface area contributed by atoms with E-state index in [1.165, 1.54) is 0 Å². The average Bonchev–Trinajstić information content (AvgIpc) is 3.24. The molecule has 0 bridgehead atoms. The lowest BCUT2D eigenvalue weighted by Gasteiger charge is -2.41. The van der Waals surface area contributed by atoms with Crippen LogP contribution in [-0.2, 0) is 11.8 Å². The first kappa shape index (κ1) is 19.0. The number of benzene rings is 1. The van der Waals surface area contributed by atoms with E-state index in [1.54, 1.807) is 10.9 Å². The van der Waals surface area contributed by atoms with Crippen molar-refractivity contribution in [1.82, 2.24) is 24.6 Å².